The number of carbonyl (C=O) groups is 1. The molecule has 1 aromatic carbocycles. The zero-order chi connectivity index (χ0) is 18.0. The Morgan fingerprint density at radius 3 is 2.04 bits per heavy atom. The number of piperidine rings is 1. The number of rotatable bonds is 5. The van der Waals surface area contributed by atoms with Crippen molar-refractivity contribution in [2.24, 2.45) is 0 Å². The number of aryl methyl sites for hydroxylation is 1. The molecule has 0 unspecified atom stereocenters. The maximum absolute atomic E-state index is 12.2. The van der Waals surface area contributed by atoms with E-state index in [0.29, 0.717) is 38.8 Å². The molecule has 0 bridgehead atoms. The van der Waals surface area contributed by atoms with Crippen molar-refractivity contribution in [3.63, 3.8) is 0 Å². The average Bonchev–Trinajstić information content (AvgIpc) is 2.51. The Morgan fingerprint density at radius 2 is 1.58 bits per heavy atom. The van der Waals surface area contributed by atoms with Crippen molar-refractivity contribution in [3.05, 3.63) is 29.8 Å². The highest BCUT2D eigenvalue weighted by molar-refractivity contribution is 7.91. The number of amides is 1. The van der Waals surface area contributed by atoms with Crippen molar-refractivity contribution in [1.82, 2.24) is 4.90 Å². The lowest BCUT2D eigenvalue weighted by molar-refractivity contribution is -0.132. The molecule has 0 radical (unpaired) electrons. The third-order valence-corrected chi connectivity index (χ3v) is 7.19. The number of carbonyl (C=O) groups excluding carboxylic acids is 1. The Morgan fingerprint density at radius 1 is 1.04 bits per heavy atom. The lowest BCUT2D eigenvalue weighted by Gasteiger charge is -2.31. The van der Waals surface area contributed by atoms with Crippen molar-refractivity contribution < 1.29 is 21.6 Å². The van der Waals surface area contributed by atoms with Crippen LogP contribution in [0.5, 0.6) is 0 Å². The molecule has 0 aromatic heterocycles. The Kier molecular flexibility index (Phi) is 5.70. The van der Waals surface area contributed by atoms with Crippen molar-refractivity contribution in [2.75, 3.05) is 25.6 Å². The molecular weight excluding hydrogens is 350 g/mol. The fraction of sp³-hybridized carbons (Fsp3) is 0.562. The predicted octanol–water partition coefficient (Wildman–Crippen LogP) is 1.06. The van der Waals surface area contributed by atoms with E-state index in [4.69, 9.17) is 0 Å². The average molecular weight is 373 g/mol. The van der Waals surface area contributed by atoms with Gasteiger partial charge in [-0.3, -0.25) is 4.79 Å². The summed E-state index contributed by atoms with van der Waals surface area (Å²) < 4.78 is 45.9. The first-order chi connectivity index (χ1) is 11.1. The maximum atomic E-state index is 12.2. The second-order valence-electron chi connectivity index (χ2n) is 6.33. The number of benzene rings is 1. The highest BCUT2D eigenvalue weighted by Gasteiger charge is 2.28. The highest BCUT2D eigenvalue weighted by atomic mass is 32.2. The minimum Gasteiger partial charge on any atom is -0.343 e. The standard InChI is InChI=1S/C16H23NO5S2/c1-23(19,20)14-6-3-13(4-7-14)5-8-16(18)17-11-9-15(10-12-17)24(2,21)22/h3-4,6-7,15H,5,8-12H2,1-2H3. The summed E-state index contributed by atoms with van der Waals surface area (Å²) in [6.07, 6.45) is 4.26. The molecule has 24 heavy (non-hydrogen) atoms. The molecule has 0 atom stereocenters. The van der Waals surface area contributed by atoms with Gasteiger partial charge in [-0.1, -0.05) is 12.1 Å². The van der Waals surface area contributed by atoms with Crippen LogP contribution in [-0.4, -0.2) is 58.5 Å². The molecule has 1 amide bonds. The molecule has 0 saturated carbocycles. The van der Waals surface area contributed by atoms with Crippen LogP contribution in [0.1, 0.15) is 24.8 Å². The molecule has 8 heteroatoms. The van der Waals surface area contributed by atoms with Gasteiger partial charge in [-0.2, -0.15) is 0 Å². The molecule has 1 aliphatic rings. The minimum absolute atomic E-state index is 0.00846. The summed E-state index contributed by atoms with van der Waals surface area (Å²) in [5.74, 6) is 0.00846. The van der Waals surface area contributed by atoms with E-state index in [0.717, 1.165) is 11.8 Å². The van der Waals surface area contributed by atoms with Crippen LogP contribution < -0.4 is 0 Å². The molecule has 0 spiro atoms. The van der Waals surface area contributed by atoms with E-state index >= 15 is 0 Å². The summed E-state index contributed by atoms with van der Waals surface area (Å²) in [6.45, 7) is 0.952. The van der Waals surface area contributed by atoms with E-state index in [-0.39, 0.29) is 16.1 Å². The maximum Gasteiger partial charge on any atom is 0.222 e. The fourth-order valence-electron chi connectivity index (χ4n) is 2.85. The smallest absolute Gasteiger partial charge is 0.222 e. The third kappa shape index (κ3) is 5.04. The van der Waals surface area contributed by atoms with Crippen LogP contribution in [0.15, 0.2) is 29.2 Å². The molecule has 1 saturated heterocycles. The van der Waals surface area contributed by atoms with Crippen LogP contribution in [0.25, 0.3) is 0 Å². The summed E-state index contributed by atoms with van der Waals surface area (Å²) in [6, 6.07) is 6.54. The van der Waals surface area contributed by atoms with Crippen molar-refractivity contribution in [3.8, 4) is 0 Å². The monoisotopic (exact) mass is 373 g/mol. The first-order valence-corrected chi connectivity index (χ1v) is 11.7. The van der Waals surface area contributed by atoms with E-state index in [9.17, 15) is 21.6 Å². The Hall–Kier alpha value is -1.41. The fourth-order valence-corrected chi connectivity index (χ4v) is 4.54. The first kappa shape index (κ1) is 18.9. The summed E-state index contributed by atoms with van der Waals surface area (Å²) in [5, 5.41) is -0.343. The molecule has 134 valence electrons. The normalized spacial score (nSPS) is 17.0. The summed E-state index contributed by atoms with van der Waals surface area (Å²) in [7, 11) is -6.24. The van der Waals surface area contributed by atoms with Gasteiger partial charge in [-0.05, 0) is 37.0 Å². The Bertz CT molecular complexity index is 789. The van der Waals surface area contributed by atoms with Gasteiger partial charge in [0.2, 0.25) is 5.91 Å². The molecule has 1 heterocycles. The van der Waals surface area contributed by atoms with E-state index < -0.39 is 19.7 Å². The van der Waals surface area contributed by atoms with Crippen LogP contribution in [0.4, 0.5) is 0 Å². The summed E-state index contributed by atoms with van der Waals surface area (Å²) in [4.78, 5) is 14.2. The van der Waals surface area contributed by atoms with Crippen LogP contribution in [0.3, 0.4) is 0 Å². The van der Waals surface area contributed by atoms with Crippen molar-refractivity contribution >= 4 is 25.6 Å². The SMILES string of the molecule is CS(=O)(=O)c1ccc(CCC(=O)N2CCC(S(C)(=O)=O)CC2)cc1. The Labute approximate surface area is 143 Å². The van der Waals surface area contributed by atoms with E-state index in [1.54, 1.807) is 29.2 Å². The number of likely N-dealkylation sites (tertiary alicyclic amines) is 1. The molecule has 0 N–H and O–H groups in total. The van der Waals surface area contributed by atoms with Crippen LogP contribution in [-0.2, 0) is 30.9 Å². The van der Waals surface area contributed by atoms with Gasteiger partial charge in [0.1, 0.15) is 9.84 Å². The van der Waals surface area contributed by atoms with Crippen molar-refractivity contribution in [1.29, 1.82) is 0 Å². The molecule has 1 aliphatic heterocycles. The van der Waals surface area contributed by atoms with Gasteiger partial charge in [0, 0.05) is 32.0 Å². The molecule has 1 aromatic rings. The Balaban J connectivity index is 1.86. The lowest BCUT2D eigenvalue weighted by atomic mass is 10.1. The summed E-state index contributed by atoms with van der Waals surface area (Å²) in [5.41, 5.74) is 0.904. The molecule has 6 nitrogen and oxygen atoms in total. The van der Waals surface area contributed by atoms with Gasteiger partial charge in [-0.25, -0.2) is 16.8 Å². The quantitative estimate of drug-likeness (QED) is 0.770. The molecular formula is C16H23NO5S2. The van der Waals surface area contributed by atoms with Gasteiger partial charge in [-0.15, -0.1) is 0 Å². The van der Waals surface area contributed by atoms with Gasteiger partial charge in [0.05, 0.1) is 10.1 Å². The van der Waals surface area contributed by atoms with Crippen LogP contribution in [0, 0.1) is 0 Å². The number of sulfone groups is 2. The van der Waals surface area contributed by atoms with Crippen LogP contribution >= 0.6 is 0 Å². The zero-order valence-electron chi connectivity index (χ0n) is 13.9. The molecule has 0 aliphatic carbocycles. The second kappa shape index (κ2) is 7.23. The van der Waals surface area contributed by atoms with Gasteiger partial charge >= 0.3 is 0 Å². The van der Waals surface area contributed by atoms with E-state index in [2.05, 4.69) is 0 Å². The van der Waals surface area contributed by atoms with Crippen molar-refractivity contribution in [2.45, 2.75) is 35.8 Å². The van der Waals surface area contributed by atoms with Gasteiger partial charge < -0.3 is 4.90 Å². The largest absolute Gasteiger partial charge is 0.343 e. The number of nitrogens with zero attached hydrogens (tertiary/aromatic N) is 1. The van der Waals surface area contributed by atoms with Gasteiger partial charge in [0.25, 0.3) is 0 Å². The molecule has 1 fully saturated rings. The second-order valence-corrected chi connectivity index (χ2v) is 10.7. The van der Waals surface area contributed by atoms with E-state index in [1.165, 1.54) is 6.26 Å². The molecule has 2 rings (SSSR count). The third-order valence-electron chi connectivity index (χ3n) is 4.38. The topological polar surface area (TPSA) is 88.6 Å². The highest BCUT2D eigenvalue weighted by Crippen LogP contribution is 2.18. The predicted molar refractivity (Wildman–Crippen MR) is 92.3 cm³/mol. The first-order valence-electron chi connectivity index (χ1n) is 7.83. The summed E-state index contributed by atoms with van der Waals surface area (Å²) >= 11 is 0. The lowest BCUT2D eigenvalue weighted by Crippen LogP contribution is -2.42. The van der Waals surface area contributed by atoms with E-state index in [1.807, 2.05) is 0 Å². The minimum atomic E-state index is -3.21. The number of hydrogen-bond acceptors (Lipinski definition) is 5. The zero-order valence-corrected chi connectivity index (χ0v) is 15.6. The van der Waals surface area contributed by atoms with Gasteiger partial charge in [0.15, 0.2) is 9.84 Å². The van der Waals surface area contributed by atoms with Crippen LogP contribution in [0.2, 0.25) is 0 Å². The number of hydrogen-bond donors (Lipinski definition) is 0.